The van der Waals surface area contributed by atoms with Crippen LogP contribution in [0.5, 0.6) is 0 Å². The molecule has 1 aromatic carbocycles. The van der Waals surface area contributed by atoms with Crippen LogP contribution in [0.1, 0.15) is 30.1 Å². The Morgan fingerprint density at radius 2 is 2.03 bits per heavy atom. The van der Waals surface area contributed by atoms with E-state index in [1.165, 1.54) is 18.3 Å². The molecular formula is C20H21ClN4O5. The number of benzene rings is 1. The Hall–Kier alpha value is -3.20. The second kappa shape index (κ2) is 9.53. The van der Waals surface area contributed by atoms with Crippen LogP contribution in [-0.2, 0) is 9.53 Å². The molecule has 0 spiro atoms. The van der Waals surface area contributed by atoms with Gasteiger partial charge < -0.3 is 15.0 Å². The SMILES string of the molecule is CCOC(=O)c1cc([N+](=O)[O-])ccc1N1CCC(C(=O)Nc2ccc(Cl)cn2)CC1. The van der Waals surface area contributed by atoms with Crippen LogP contribution in [0, 0.1) is 16.0 Å². The van der Waals surface area contributed by atoms with Crippen molar-refractivity contribution in [1.82, 2.24) is 4.98 Å². The molecule has 2 heterocycles. The molecule has 1 saturated heterocycles. The zero-order chi connectivity index (χ0) is 21.7. The number of nitro groups is 1. The molecule has 1 fully saturated rings. The van der Waals surface area contributed by atoms with E-state index in [1.54, 1.807) is 25.1 Å². The fourth-order valence-corrected chi connectivity index (χ4v) is 3.46. The monoisotopic (exact) mass is 432 g/mol. The number of hydrogen-bond acceptors (Lipinski definition) is 7. The molecule has 2 aromatic rings. The maximum absolute atomic E-state index is 12.5. The number of pyridine rings is 1. The maximum atomic E-state index is 12.5. The number of nitro benzene ring substituents is 1. The molecule has 10 heteroatoms. The highest BCUT2D eigenvalue weighted by molar-refractivity contribution is 6.30. The Kier molecular flexibility index (Phi) is 6.83. The molecule has 1 aliphatic heterocycles. The lowest BCUT2D eigenvalue weighted by Gasteiger charge is -2.33. The number of carbonyl (C=O) groups excluding carboxylic acids is 2. The summed E-state index contributed by atoms with van der Waals surface area (Å²) >= 11 is 5.80. The highest BCUT2D eigenvalue weighted by atomic mass is 35.5. The van der Waals surface area contributed by atoms with E-state index in [0.29, 0.717) is 42.5 Å². The van der Waals surface area contributed by atoms with Crippen LogP contribution >= 0.6 is 11.6 Å². The molecule has 0 radical (unpaired) electrons. The highest BCUT2D eigenvalue weighted by Gasteiger charge is 2.28. The van der Waals surface area contributed by atoms with Crippen molar-refractivity contribution < 1.29 is 19.2 Å². The van der Waals surface area contributed by atoms with Gasteiger partial charge >= 0.3 is 5.97 Å². The van der Waals surface area contributed by atoms with Gasteiger partial charge in [0, 0.05) is 37.3 Å². The third kappa shape index (κ3) is 5.04. The van der Waals surface area contributed by atoms with Gasteiger partial charge in [0.25, 0.3) is 5.69 Å². The molecule has 30 heavy (non-hydrogen) atoms. The van der Waals surface area contributed by atoms with Gasteiger partial charge in [-0.25, -0.2) is 9.78 Å². The van der Waals surface area contributed by atoms with E-state index in [2.05, 4.69) is 10.3 Å². The quantitative estimate of drug-likeness (QED) is 0.420. The van der Waals surface area contributed by atoms with Gasteiger partial charge in [0.15, 0.2) is 0 Å². The molecule has 3 rings (SSSR count). The smallest absolute Gasteiger partial charge is 0.340 e. The van der Waals surface area contributed by atoms with Crippen LogP contribution in [0.15, 0.2) is 36.5 Å². The first kappa shape index (κ1) is 21.5. The minimum atomic E-state index is -0.607. The molecule has 1 aromatic heterocycles. The Bertz CT molecular complexity index is 943. The zero-order valence-corrected chi connectivity index (χ0v) is 17.1. The van der Waals surface area contributed by atoms with Crippen molar-refractivity contribution in [3.63, 3.8) is 0 Å². The van der Waals surface area contributed by atoms with Crippen LogP contribution in [-0.4, -0.2) is 41.5 Å². The zero-order valence-electron chi connectivity index (χ0n) is 16.3. The molecular weight excluding hydrogens is 412 g/mol. The molecule has 1 aliphatic rings. The fourth-order valence-electron chi connectivity index (χ4n) is 3.35. The summed E-state index contributed by atoms with van der Waals surface area (Å²) in [6.45, 7) is 2.89. The molecule has 0 bridgehead atoms. The molecule has 1 amide bonds. The first-order valence-electron chi connectivity index (χ1n) is 9.52. The Labute approximate surface area is 178 Å². The molecule has 0 atom stereocenters. The number of nitrogens with zero attached hydrogens (tertiary/aromatic N) is 3. The van der Waals surface area contributed by atoms with Gasteiger partial charge in [-0.3, -0.25) is 14.9 Å². The molecule has 158 valence electrons. The first-order valence-corrected chi connectivity index (χ1v) is 9.89. The van der Waals surface area contributed by atoms with Crippen LogP contribution in [0.2, 0.25) is 5.02 Å². The number of ether oxygens (including phenoxy) is 1. The van der Waals surface area contributed by atoms with Crippen LogP contribution in [0.4, 0.5) is 17.2 Å². The fraction of sp³-hybridized carbons (Fsp3) is 0.350. The number of aromatic nitrogens is 1. The number of carbonyl (C=O) groups is 2. The lowest BCUT2D eigenvalue weighted by atomic mass is 9.95. The number of anilines is 2. The number of piperidine rings is 1. The Morgan fingerprint density at radius 3 is 2.63 bits per heavy atom. The van der Waals surface area contributed by atoms with E-state index in [-0.39, 0.29) is 29.7 Å². The summed E-state index contributed by atoms with van der Waals surface area (Å²) in [7, 11) is 0. The van der Waals surface area contributed by atoms with Gasteiger partial charge in [0.1, 0.15) is 5.82 Å². The predicted octanol–water partition coefficient (Wildman–Crippen LogP) is 3.68. The van der Waals surface area contributed by atoms with Crippen LogP contribution < -0.4 is 10.2 Å². The second-order valence-electron chi connectivity index (χ2n) is 6.79. The number of halogens is 1. The largest absolute Gasteiger partial charge is 0.462 e. The second-order valence-corrected chi connectivity index (χ2v) is 7.23. The van der Waals surface area contributed by atoms with Crippen molar-refractivity contribution in [1.29, 1.82) is 0 Å². The summed E-state index contributed by atoms with van der Waals surface area (Å²) < 4.78 is 5.06. The number of amides is 1. The molecule has 9 nitrogen and oxygen atoms in total. The van der Waals surface area contributed by atoms with Crippen molar-refractivity contribution in [2.75, 3.05) is 29.9 Å². The van der Waals surface area contributed by atoms with Gasteiger partial charge in [0.2, 0.25) is 5.91 Å². The summed E-state index contributed by atoms with van der Waals surface area (Å²) in [5.41, 5.74) is 0.545. The van der Waals surface area contributed by atoms with E-state index in [1.807, 2.05) is 4.90 Å². The molecule has 0 aliphatic carbocycles. The van der Waals surface area contributed by atoms with Crippen LogP contribution in [0.3, 0.4) is 0 Å². The minimum absolute atomic E-state index is 0.126. The van der Waals surface area contributed by atoms with E-state index in [4.69, 9.17) is 16.3 Å². The van der Waals surface area contributed by atoms with Gasteiger partial charge in [0.05, 0.1) is 27.8 Å². The average Bonchev–Trinajstić information content (AvgIpc) is 2.75. The molecule has 0 unspecified atom stereocenters. The van der Waals surface area contributed by atoms with Gasteiger partial charge in [-0.2, -0.15) is 0 Å². The standard InChI is InChI=1S/C20H21ClN4O5/c1-2-30-20(27)16-11-15(25(28)29)4-5-17(16)24-9-7-13(8-10-24)19(26)23-18-6-3-14(21)12-22-18/h3-6,11-13H,2,7-10H2,1H3,(H,22,23,26). The van der Waals surface area contributed by atoms with E-state index in [0.717, 1.165) is 0 Å². The maximum Gasteiger partial charge on any atom is 0.340 e. The van der Waals surface area contributed by atoms with Gasteiger partial charge in [-0.05, 0) is 38.0 Å². The summed E-state index contributed by atoms with van der Waals surface area (Å²) in [5, 5.41) is 14.4. The third-order valence-electron chi connectivity index (χ3n) is 4.87. The summed E-state index contributed by atoms with van der Waals surface area (Å²) in [6, 6.07) is 7.44. The predicted molar refractivity (Wildman–Crippen MR) is 112 cm³/mol. The van der Waals surface area contributed by atoms with Gasteiger partial charge in [-0.1, -0.05) is 11.6 Å². The summed E-state index contributed by atoms with van der Waals surface area (Å²) in [6.07, 6.45) is 2.60. The number of non-ortho nitro benzene ring substituents is 1. The summed E-state index contributed by atoms with van der Waals surface area (Å²) in [5.74, 6) is -0.502. The Balaban J connectivity index is 1.69. The van der Waals surface area contributed by atoms with E-state index < -0.39 is 10.9 Å². The summed E-state index contributed by atoms with van der Waals surface area (Å²) in [4.78, 5) is 41.4. The number of esters is 1. The van der Waals surface area contributed by atoms with E-state index >= 15 is 0 Å². The lowest BCUT2D eigenvalue weighted by Crippen LogP contribution is -2.39. The number of rotatable bonds is 6. The van der Waals surface area contributed by atoms with Crippen molar-refractivity contribution >= 4 is 40.7 Å². The molecule has 1 N–H and O–H groups in total. The van der Waals surface area contributed by atoms with Crippen molar-refractivity contribution in [3.05, 3.63) is 57.2 Å². The first-order chi connectivity index (χ1) is 14.4. The normalized spacial score (nSPS) is 14.3. The minimum Gasteiger partial charge on any atom is -0.462 e. The van der Waals surface area contributed by atoms with Crippen molar-refractivity contribution in [3.8, 4) is 0 Å². The number of nitrogens with one attached hydrogen (secondary N) is 1. The third-order valence-corrected chi connectivity index (χ3v) is 5.09. The van der Waals surface area contributed by atoms with Crippen molar-refractivity contribution in [2.24, 2.45) is 5.92 Å². The lowest BCUT2D eigenvalue weighted by molar-refractivity contribution is -0.384. The van der Waals surface area contributed by atoms with E-state index in [9.17, 15) is 19.7 Å². The molecule has 0 saturated carbocycles. The van der Waals surface area contributed by atoms with Crippen LogP contribution in [0.25, 0.3) is 0 Å². The van der Waals surface area contributed by atoms with Crippen molar-refractivity contribution in [2.45, 2.75) is 19.8 Å². The highest BCUT2D eigenvalue weighted by Crippen LogP contribution is 2.30. The van der Waals surface area contributed by atoms with Gasteiger partial charge in [-0.15, -0.1) is 0 Å². The topological polar surface area (TPSA) is 115 Å². The number of hydrogen-bond donors (Lipinski definition) is 1. The average molecular weight is 433 g/mol. The Morgan fingerprint density at radius 1 is 1.30 bits per heavy atom.